The molecule has 5 heteroatoms. The van der Waals surface area contributed by atoms with Gasteiger partial charge in [0.05, 0.1) is 11.2 Å². The lowest BCUT2D eigenvalue weighted by molar-refractivity contribution is 0.0979. The van der Waals surface area contributed by atoms with E-state index in [0.717, 1.165) is 27.3 Å². The molecule has 0 N–H and O–H groups in total. The predicted octanol–water partition coefficient (Wildman–Crippen LogP) is 5.36. The van der Waals surface area contributed by atoms with E-state index in [4.69, 9.17) is 4.74 Å². The van der Waals surface area contributed by atoms with Crippen LogP contribution in [0.5, 0.6) is 5.75 Å². The summed E-state index contributed by atoms with van der Waals surface area (Å²) in [5.74, 6) is 3.18. The quantitative estimate of drug-likeness (QED) is 0.621. The first-order valence-corrected chi connectivity index (χ1v) is 10.1. The summed E-state index contributed by atoms with van der Waals surface area (Å²) in [5, 5.41) is 0. The third-order valence-corrected chi connectivity index (χ3v) is 7.85. The van der Waals surface area contributed by atoms with Crippen molar-refractivity contribution in [1.29, 1.82) is 0 Å². The molecule has 0 radical (unpaired) electrons. The van der Waals surface area contributed by atoms with Gasteiger partial charge in [0.1, 0.15) is 5.75 Å². The molecule has 1 fully saturated rings. The highest BCUT2D eigenvalue weighted by Crippen LogP contribution is 2.54. The van der Waals surface area contributed by atoms with Crippen LogP contribution in [0.4, 0.5) is 0 Å². The van der Waals surface area contributed by atoms with Gasteiger partial charge in [0.15, 0.2) is 5.78 Å². The molecule has 0 saturated carbocycles. The van der Waals surface area contributed by atoms with Gasteiger partial charge >= 0.3 is 0 Å². The zero-order valence-electron chi connectivity index (χ0n) is 12.8. The molecule has 2 aromatic rings. The standard InChI is InChI=1S/C18H17BrO2S2/c1-21-16-8-4-14(5-9-16)18(22-10-11-23-18)12-17(20)13-2-6-15(19)7-3-13/h2-9H,10-12H2,1H3. The van der Waals surface area contributed by atoms with Gasteiger partial charge in [-0.25, -0.2) is 0 Å². The van der Waals surface area contributed by atoms with E-state index in [1.165, 1.54) is 5.56 Å². The third kappa shape index (κ3) is 3.78. The van der Waals surface area contributed by atoms with Crippen LogP contribution in [0, 0.1) is 0 Å². The van der Waals surface area contributed by atoms with E-state index < -0.39 is 0 Å². The SMILES string of the molecule is COc1ccc(C2(CC(=O)c3ccc(Br)cc3)SCCS2)cc1. The molecule has 1 heterocycles. The van der Waals surface area contributed by atoms with Crippen LogP contribution in [0.25, 0.3) is 0 Å². The number of Topliss-reactive ketones (excluding diaryl/α,β-unsaturated/α-hetero) is 1. The maximum atomic E-state index is 12.7. The van der Waals surface area contributed by atoms with Gasteiger partial charge in [-0.3, -0.25) is 4.79 Å². The second-order valence-corrected chi connectivity index (χ2v) is 9.25. The van der Waals surface area contributed by atoms with Crippen molar-refractivity contribution in [3.8, 4) is 5.75 Å². The first kappa shape index (κ1) is 16.9. The van der Waals surface area contributed by atoms with Gasteiger partial charge in [0.2, 0.25) is 0 Å². The number of thioether (sulfide) groups is 2. The summed E-state index contributed by atoms with van der Waals surface area (Å²) in [6, 6.07) is 15.7. The normalized spacial score (nSPS) is 16.3. The Morgan fingerprint density at radius 1 is 1.09 bits per heavy atom. The van der Waals surface area contributed by atoms with Crippen molar-refractivity contribution in [2.75, 3.05) is 18.6 Å². The van der Waals surface area contributed by atoms with Crippen molar-refractivity contribution in [3.05, 3.63) is 64.1 Å². The summed E-state index contributed by atoms with van der Waals surface area (Å²) >= 11 is 7.16. The Labute approximate surface area is 153 Å². The van der Waals surface area contributed by atoms with Crippen LogP contribution in [0.15, 0.2) is 53.0 Å². The second kappa shape index (κ2) is 7.32. The topological polar surface area (TPSA) is 26.3 Å². The Hall–Kier alpha value is -0.910. The van der Waals surface area contributed by atoms with Gasteiger partial charge in [0.25, 0.3) is 0 Å². The molecule has 23 heavy (non-hydrogen) atoms. The second-order valence-electron chi connectivity index (χ2n) is 5.29. The van der Waals surface area contributed by atoms with Crippen molar-refractivity contribution in [3.63, 3.8) is 0 Å². The number of carbonyl (C=O) groups excluding carboxylic acids is 1. The largest absolute Gasteiger partial charge is 0.497 e. The molecule has 0 atom stereocenters. The molecule has 1 saturated heterocycles. The van der Waals surface area contributed by atoms with Crippen LogP contribution in [-0.4, -0.2) is 24.4 Å². The molecule has 0 aromatic heterocycles. The van der Waals surface area contributed by atoms with Crippen molar-refractivity contribution in [2.24, 2.45) is 0 Å². The summed E-state index contributed by atoms with van der Waals surface area (Å²) < 4.78 is 6.05. The molecular formula is C18H17BrO2S2. The van der Waals surface area contributed by atoms with E-state index in [-0.39, 0.29) is 9.86 Å². The average Bonchev–Trinajstić information content (AvgIpc) is 3.05. The number of halogens is 1. The number of ether oxygens (including phenoxy) is 1. The molecule has 0 bridgehead atoms. The van der Waals surface area contributed by atoms with E-state index >= 15 is 0 Å². The molecule has 120 valence electrons. The Balaban J connectivity index is 1.85. The number of methoxy groups -OCH3 is 1. The lowest BCUT2D eigenvalue weighted by Gasteiger charge is -2.27. The molecule has 0 amide bonds. The molecule has 0 unspecified atom stereocenters. The number of ketones is 1. The predicted molar refractivity (Wildman–Crippen MR) is 103 cm³/mol. The lowest BCUT2D eigenvalue weighted by atomic mass is 10.0. The Bertz CT molecular complexity index is 677. The molecule has 3 rings (SSSR count). The van der Waals surface area contributed by atoms with Crippen LogP contribution in [0.1, 0.15) is 22.3 Å². The fourth-order valence-electron chi connectivity index (χ4n) is 2.62. The zero-order chi connectivity index (χ0) is 16.3. The van der Waals surface area contributed by atoms with Crippen molar-refractivity contribution < 1.29 is 9.53 Å². The van der Waals surface area contributed by atoms with Crippen LogP contribution >= 0.6 is 39.5 Å². The Morgan fingerprint density at radius 2 is 1.70 bits per heavy atom. The van der Waals surface area contributed by atoms with Crippen molar-refractivity contribution >= 4 is 45.2 Å². The monoisotopic (exact) mass is 408 g/mol. The lowest BCUT2D eigenvalue weighted by Crippen LogP contribution is -2.20. The van der Waals surface area contributed by atoms with E-state index in [0.29, 0.717) is 6.42 Å². The highest BCUT2D eigenvalue weighted by molar-refractivity contribution is 9.10. The number of carbonyl (C=O) groups is 1. The highest BCUT2D eigenvalue weighted by atomic mass is 79.9. The van der Waals surface area contributed by atoms with E-state index in [1.807, 2.05) is 59.9 Å². The van der Waals surface area contributed by atoms with E-state index in [1.54, 1.807) is 7.11 Å². The van der Waals surface area contributed by atoms with Gasteiger partial charge in [0, 0.05) is 28.0 Å². The number of hydrogen-bond donors (Lipinski definition) is 0. The van der Waals surface area contributed by atoms with Crippen molar-refractivity contribution in [1.82, 2.24) is 0 Å². The minimum Gasteiger partial charge on any atom is -0.497 e. The van der Waals surface area contributed by atoms with Gasteiger partial charge in [-0.1, -0.05) is 40.2 Å². The third-order valence-electron chi connectivity index (χ3n) is 3.84. The van der Waals surface area contributed by atoms with Gasteiger partial charge < -0.3 is 4.74 Å². The smallest absolute Gasteiger partial charge is 0.165 e. The minimum absolute atomic E-state index is 0.184. The Morgan fingerprint density at radius 3 is 2.26 bits per heavy atom. The molecule has 2 nitrogen and oxygen atoms in total. The maximum absolute atomic E-state index is 12.7. The molecular weight excluding hydrogens is 392 g/mol. The number of hydrogen-bond acceptors (Lipinski definition) is 4. The van der Waals surface area contributed by atoms with Crippen LogP contribution in [0.2, 0.25) is 0 Å². The van der Waals surface area contributed by atoms with Crippen LogP contribution < -0.4 is 4.74 Å². The summed E-state index contributed by atoms with van der Waals surface area (Å²) in [6.45, 7) is 0. The molecule has 0 aliphatic carbocycles. The van der Waals surface area contributed by atoms with Gasteiger partial charge in [-0.15, -0.1) is 23.5 Å². The summed E-state index contributed by atoms with van der Waals surface area (Å²) in [6.07, 6.45) is 0.510. The van der Waals surface area contributed by atoms with Crippen molar-refractivity contribution in [2.45, 2.75) is 10.5 Å². The zero-order valence-corrected chi connectivity index (χ0v) is 16.0. The number of rotatable bonds is 5. The molecule has 1 aliphatic rings. The fourth-order valence-corrected chi connectivity index (χ4v) is 6.12. The molecule has 1 aliphatic heterocycles. The van der Waals surface area contributed by atoms with E-state index in [9.17, 15) is 4.79 Å². The fraction of sp³-hybridized carbons (Fsp3) is 0.278. The first-order valence-electron chi connectivity index (χ1n) is 7.34. The maximum Gasteiger partial charge on any atom is 0.165 e. The molecule has 2 aromatic carbocycles. The van der Waals surface area contributed by atoms with Crippen LogP contribution in [0.3, 0.4) is 0 Å². The summed E-state index contributed by atoms with van der Waals surface area (Å²) in [7, 11) is 1.67. The number of benzene rings is 2. The summed E-state index contributed by atoms with van der Waals surface area (Å²) in [5.41, 5.74) is 1.96. The molecule has 0 spiro atoms. The van der Waals surface area contributed by atoms with Gasteiger partial charge in [-0.05, 0) is 29.8 Å². The van der Waals surface area contributed by atoms with E-state index in [2.05, 4.69) is 28.1 Å². The Kier molecular flexibility index (Phi) is 5.39. The minimum atomic E-state index is -0.184. The van der Waals surface area contributed by atoms with Gasteiger partial charge in [-0.2, -0.15) is 0 Å². The average molecular weight is 409 g/mol. The first-order chi connectivity index (χ1) is 11.1. The highest BCUT2D eigenvalue weighted by Gasteiger charge is 2.39. The van der Waals surface area contributed by atoms with Crippen LogP contribution in [-0.2, 0) is 4.08 Å². The summed E-state index contributed by atoms with van der Waals surface area (Å²) in [4.78, 5) is 12.7.